The molecule has 0 bridgehead atoms. The molecule has 4 rings (SSSR count). The van der Waals surface area contributed by atoms with Crippen molar-refractivity contribution in [1.29, 1.82) is 0 Å². The molecule has 1 saturated heterocycles. The molecular weight excluding hydrogens is 391 g/mol. The number of carbonyl (C=O) groups excluding carboxylic acids is 1. The van der Waals surface area contributed by atoms with Crippen LogP contribution in [0.25, 0.3) is 10.9 Å². The lowest BCUT2D eigenvalue weighted by Gasteiger charge is -2.36. The summed E-state index contributed by atoms with van der Waals surface area (Å²) in [5.74, 6) is -0.253. The van der Waals surface area contributed by atoms with Crippen molar-refractivity contribution in [3.8, 4) is 0 Å². The van der Waals surface area contributed by atoms with E-state index in [9.17, 15) is 9.18 Å². The van der Waals surface area contributed by atoms with Crippen LogP contribution in [-0.4, -0.2) is 47.6 Å². The maximum absolute atomic E-state index is 14.1. The highest BCUT2D eigenvalue weighted by atomic mass is 35.5. The maximum atomic E-state index is 14.1. The molecule has 0 saturated carbocycles. The third kappa shape index (κ3) is 3.95. The van der Waals surface area contributed by atoms with Crippen LogP contribution in [0.4, 0.5) is 10.1 Å². The van der Waals surface area contributed by atoms with Crippen molar-refractivity contribution in [3.05, 3.63) is 65.1 Å². The Bertz CT molecular complexity index is 1040. The number of benzene rings is 2. The Morgan fingerprint density at radius 3 is 2.59 bits per heavy atom. The number of rotatable bonds is 4. The first-order chi connectivity index (χ1) is 13.9. The first-order valence-corrected chi connectivity index (χ1v) is 10.1. The van der Waals surface area contributed by atoms with E-state index in [0.29, 0.717) is 49.0 Å². The molecule has 2 N–H and O–H groups in total. The van der Waals surface area contributed by atoms with Crippen molar-refractivity contribution in [1.82, 2.24) is 9.47 Å². The number of para-hydroxylation sites is 1. The van der Waals surface area contributed by atoms with Gasteiger partial charge in [0.15, 0.2) is 0 Å². The highest BCUT2D eigenvalue weighted by molar-refractivity contribution is 6.31. The number of hydrogen-bond donors (Lipinski definition) is 1. The number of carbonyl (C=O) groups is 1. The van der Waals surface area contributed by atoms with Gasteiger partial charge in [-0.3, -0.25) is 4.79 Å². The molecule has 1 amide bonds. The quantitative estimate of drug-likeness (QED) is 0.707. The van der Waals surface area contributed by atoms with Crippen molar-refractivity contribution < 1.29 is 9.18 Å². The van der Waals surface area contributed by atoms with Gasteiger partial charge in [-0.25, -0.2) is 4.39 Å². The molecule has 1 atom stereocenters. The fourth-order valence-electron chi connectivity index (χ4n) is 3.93. The summed E-state index contributed by atoms with van der Waals surface area (Å²) in [4.78, 5) is 17.1. The summed E-state index contributed by atoms with van der Waals surface area (Å²) in [5.41, 5.74) is 8.12. The van der Waals surface area contributed by atoms with Crippen LogP contribution in [0.2, 0.25) is 5.02 Å². The van der Waals surface area contributed by atoms with Crippen LogP contribution in [0.1, 0.15) is 17.3 Å². The number of nitrogens with zero attached hydrogens (tertiary/aromatic N) is 3. The molecule has 0 spiro atoms. The number of aromatic nitrogens is 1. The third-order valence-corrected chi connectivity index (χ3v) is 5.55. The van der Waals surface area contributed by atoms with Gasteiger partial charge in [0, 0.05) is 55.4 Å². The number of nitrogens with two attached hydrogens (primary N) is 1. The largest absolute Gasteiger partial charge is 0.366 e. The van der Waals surface area contributed by atoms with Crippen LogP contribution in [0.15, 0.2) is 48.7 Å². The Kier molecular flexibility index (Phi) is 5.48. The zero-order chi connectivity index (χ0) is 20.5. The van der Waals surface area contributed by atoms with Gasteiger partial charge in [0.05, 0.1) is 16.8 Å². The number of amides is 1. The minimum Gasteiger partial charge on any atom is -0.366 e. The van der Waals surface area contributed by atoms with E-state index in [2.05, 4.69) is 0 Å². The number of fused-ring (bicyclic) bond motifs is 1. The monoisotopic (exact) mass is 414 g/mol. The lowest BCUT2D eigenvalue weighted by Crippen LogP contribution is -2.49. The normalized spacial score (nSPS) is 15.7. The molecule has 2 heterocycles. The second-order valence-electron chi connectivity index (χ2n) is 7.56. The van der Waals surface area contributed by atoms with E-state index >= 15 is 0 Å². The Balaban J connectivity index is 1.56. The van der Waals surface area contributed by atoms with Crippen LogP contribution in [0.3, 0.4) is 0 Å². The van der Waals surface area contributed by atoms with Crippen LogP contribution in [-0.2, 0) is 6.54 Å². The van der Waals surface area contributed by atoms with Crippen LogP contribution in [0.5, 0.6) is 0 Å². The first-order valence-electron chi connectivity index (χ1n) is 9.77. The van der Waals surface area contributed by atoms with Crippen molar-refractivity contribution in [3.63, 3.8) is 0 Å². The molecule has 3 aromatic rings. The first kappa shape index (κ1) is 19.7. The van der Waals surface area contributed by atoms with Gasteiger partial charge < -0.3 is 20.1 Å². The van der Waals surface area contributed by atoms with Crippen LogP contribution < -0.4 is 10.6 Å². The highest BCUT2D eigenvalue weighted by Gasteiger charge is 2.26. The van der Waals surface area contributed by atoms with E-state index in [0.717, 1.165) is 10.9 Å². The average Bonchev–Trinajstić information content (AvgIpc) is 3.05. The van der Waals surface area contributed by atoms with Gasteiger partial charge >= 0.3 is 0 Å². The average molecular weight is 415 g/mol. The summed E-state index contributed by atoms with van der Waals surface area (Å²) in [6, 6.07) is 12.3. The molecule has 1 fully saturated rings. The molecule has 1 aromatic heterocycles. The highest BCUT2D eigenvalue weighted by Crippen LogP contribution is 2.27. The molecule has 5 nitrogen and oxygen atoms in total. The summed E-state index contributed by atoms with van der Waals surface area (Å²) in [5, 5.41) is 1.50. The number of hydrogen-bond acceptors (Lipinski definition) is 3. The molecular formula is C22H24ClFN4O. The van der Waals surface area contributed by atoms with Crippen LogP contribution >= 0.6 is 11.6 Å². The molecule has 29 heavy (non-hydrogen) atoms. The van der Waals surface area contributed by atoms with Gasteiger partial charge in [0.25, 0.3) is 5.91 Å². The van der Waals surface area contributed by atoms with Gasteiger partial charge in [-0.1, -0.05) is 29.8 Å². The molecule has 2 aromatic carbocycles. The topological polar surface area (TPSA) is 54.5 Å². The second-order valence-corrected chi connectivity index (χ2v) is 8.00. The minimum absolute atomic E-state index is 0.0195. The zero-order valence-corrected chi connectivity index (χ0v) is 17.1. The van der Waals surface area contributed by atoms with Crippen molar-refractivity contribution in [2.45, 2.75) is 19.5 Å². The number of anilines is 1. The second kappa shape index (κ2) is 8.05. The van der Waals surface area contributed by atoms with E-state index in [1.54, 1.807) is 18.2 Å². The summed E-state index contributed by atoms with van der Waals surface area (Å²) >= 11 is 6.18. The predicted molar refractivity (Wildman–Crippen MR) is 115 cm³/mol. The summed E-state index contributed by atoms with van der Waals surface area (Å²) in [6.45, 7) is 4.81. The minimum atomic E-state index is -0.233. The maximum Gasteiger partial charge on any atom is 0.256 e. The van der Waals surface area contributed by atoms with E-state index in [-0.39, 0.29) is 17.8 Å². The number of halogens is 2. The Labute approximate surface area is 174 Å². The standard InChI is InChI=1S/C22H24ClFN4O/c1-15(25)13-28-14-18(17-7-6-16(23)12-21(17)28)22(29)27-10-8-26(9-11-27)20-5-3-2-4-19(20)24/h2-7,12,14-15H,8-11,13,25H2,1H3. The van der Waals surface area contributed by atoms with Gasteiger partial charge in [-0.2, -0.15) is 0 Å². The Morgan fingerprint density at radius 1 is 1.17 bits per heavy atom. The van der Waals surface area contributed by atoms with Crippen molar-refractivity contribution in [2.24, 2.45) is 5.73 Å². The van der Waals surface area contributed by atoms with E-state index < -0.39 is 0 Å². The summed E-state index contributed by atoms with van der Waals surface area (Å²) in [7, 11) is 0. The molecule has 1 unspecified atom stereocenters. The van der Waals surface area contributed by atoms with Gasteiger partial charge in [-0.05, 0) is 31.2 Å². The zero-order valence-electron chi connectivity index (χ0n) is 16.3. The third-order valence-electron chi connectivity index (χ3n) is 5.32. The fourth-order valence-corrected chi connectivity index (χ4v) is 4.09. The Morgan fingerprint density at radius 2 is 1.90 bits per heavy atom. The summed E-state index contributed by atoms with van der Waals surface area (Å²) < 4.78 is 16.1. The van der Waals surface area contributed by atoms with Crippen molar-refractivity contribution in [2.75, 3.05) is 31.1 Å². The van der Waals surface area contributed by atoms with Gasteiger partial charge in [0.2, 0.25) is 0 Å². The molecule has 0 radical (unpaired) electrons. The fraction of sp³-hybridized carbons (Fsp3) is 0.318. The lowest BCUT2D eigenvalue weighted by molar-refractivity contribution is 0.0748. The smallest absolute Gasteiger partial charge is 0.256 e. The molecule has 7 heteroatoms. The molecule has 0 aliphatic carbocycles. The molecule has 1 aliphatic heterocycles. The van der Waals surface area contributed by atoms with Gasteiger partial charge in [-0.15, -0.1) is 0 Å². The SMILES string of the molecule is CC(N)Cn1cc(C(=O)N2CCN(c3ccccc3F)CC2)c2ccc(Cl)cc21. The van der Waals surface area contributed by atoms with E-state index in [1.807, 2.05) is 45.7 Å². The van der Waals surface area contributed by atoms with Crippen molar-refractivity contribution >= 4 is 34.1 Å². The predicted octanol–water partition coefficient (Wildman–Crippen LogP) is 3.74. The Hall–Kier alpha value is -2.57. The van der Waals surface area contributed by atoms with E-state index in [1.165, 1.54) is 6.07 Å². The van der Waals surface area contributed by atoms with Crippen LogP contribution in [0, 0.1) is 5.82 Å². The van der Waals surface area contributed by atoms with Gasteiger partial charge in [0.1, 0.15) is 5.82 Å². The molecule has 152 valence electrons. The lowest BCUT2D eigenvalue weighted by atomic mass is 10.1. The number of piperazine rings is 1. The van der Waals surface area contributed by atoms with E-state index in [4.69, 9.17) is 17.3 Å². The molecule has 1 aliphatic rings. The summed E-state index contributed by atoms with van der Waals surface area (Å²) in [6.07, 6.45) is 1.87.